The number of nitrogens with one attached hydrogen (secondary N) is 1. The Kier molecular flexibility index (Phi) is 7.76. The van der Waals surface area contributed by atoms with Crippen LogP contribution in [-0.4, -0.2) is 45.2 Å². The minimum Gasteiger partial charge on any atom is -0.497 e. The van der Waals surface area contributed by atoms with Crippen molar-refractivity contribution >= 4 is 27.3 Å². The molecule has 1 unspecified atom stereocenters. The minimum atomic E-state index is -3.87. The van der Waals surface area contributed by atoms with Gasteiger partial charge in [0.15, 0.2) is 0 Å². The van der Waals surface area contributed by atoms with Gasteiger partial charge in [-0.25, -0.2) is 8.42 Å². The quantitative estimate of drug-likeness (QED) is 0.452. The van der Waals surface area contributed by atoms with Crippen molar-refractivity contribution < 1.29 is 22.9 Å². The van der Waals surface area contributed by atoms with E-state index in [1.165, 1.54) is 18.2 Å². The van der Waals surface area contributed by atoms with Gasteiger partial charge in [0, 0.05) is 18.7 Å². The highest BCUT2D eigenvalue weighted by Crippen LogP contribution is 2.26. The average Bonchev–Trinajstić information content (AvgIpc) is 2.71. The van der Waals surface area contributed by atoms with Crippen LogP contribution in [0.3, 0.4) is 0 Å². The number of nitro benzene ring substituents is 1. The van der Waals surface area contributed by atoms with E-state index in [0.29, 0.717) is 13.0 Å². The summed E-state index contributed by atoms with van der Waals surface area (Å²) in [4.78, 5) is 23.2. The SMILES string of the molecule is CCC(C(=O)NCCc1ccc(OC)cc1)N(c1cccc([N+](=O)[O-])c1)S(C)(=O)=O. The van der Waals surface area contributed by atoms with E-state index in [-0.39, 0.29) is 17.8 Å². The van der Waals surface area contributed by atoms with Crippen molar-refractivity contribution in [3.05, 3.63) is 64.2 Å². The highest BCUT2D eigenvalue weighted by Gasteiger charge is 2.32. The zero-order valence-corrected chi connectivity index (χ0v) is 17.9. The lowest BCUT2D eigenvalue weighted by Crippen LogP contribution is -2.49. The summed E-state index contributed by atoms with van der Waals surface area (Å²) in [5, 5.41) is 13.8. The van der Waals surface area contributed by atoms with E-state index in [9.17, 15) is 23.3 Å². The summed E-state index contributed by atoms with van der Waals surface area (Å²) in [6, 6.07) is 11.6. The number of carbonyl (C=O) groups excluding carboxylic acids is 1. The summed E-state index contributed by atoms with van der Waals surface area (Å²) in [6.07, 6.45) is 1.73. The van der Waals surface area contributed by atoms with Crippen molar-refractivity contribution in [2.24, 2.45) is 0 Å². The number of rotatable bonds is 10. The molecule has 10 heteroatoms. The van der Waals surface area contributed by atoms with Gasteiger partial charge in [0.05, 0.1) is 24.0 Å². The molecule has 162 valence electrons. The van der Waals surface area contributed by atoms with Gasteiger partial charge in [-0.2, -0.15) is 0 Å². The number of sulfonamides is 1. The monoisotopic (exact) mass is 435 g/mol. The topological polar surface area (TPSA) is 119 Å². The lowest BCUT2D eigenvalue weighted by molar-refractivity contribution is -0.384. The molecule has 1 atom stereocenters. The molecular weight excluding hydrogens is 410 g/mol. The van der Waals surface area contributed by atoms with E-state index in [0.717, 1.165) is 27.9 Å². The molecule has 0 aromatic heterocycles. The third-order valence-electron chi connectivity index (χ3n) is 4.50. The van der Waals surface area contributed by atoms with Crippen molar-refractivity contribution in [2.75, 3.05) is 24.2 Å². The Morgan fingerprint density at radius 2 is 1.90 bits per heavy atom. The third kappa shape index (κ3) is 5.93. The van der Waals surface area contributed by atoms with Crippen LogP contribution in [0.25, 0.3) is 0 Å². The fraction of sp³-hybridized carbons (Fsp3) is 0.350. The van der Waals surface area contributed by atoms with E-state index in [1.54, 1.807) is 14.0 Å². The van der Waals surface area contributed by atoms with Crippen molar-refractivity contribution in [3.63, 3.8) is 0 Å². The van der Waals surface area contributed by atoms with Crippen molar-refractivity contribution in [1.29, 1.82) is 0 Å². The fourth-order valence-electron chi connectivity index (χ4n) is 3.04. The highest BCUT2D eigenvalue weighted by atomic mass is 32.2. The molecule has 0 spiro atoms. The summed E-state index contributed by atoms with van der Waals surface area (Å²) in [6.45, 7) is 2.00. The number of ether oxygens (including phenoxy) is 1. The molecular formula is C20H25N3O6S. The second-order valence-corrected chi connectivity index (χ2v) is 8.51. The number of carbonyl (C=O) groups is 1. The maximum absolute atomic E-state index is 12.8. The van der Waals surface area contributed by atoms with Crippen LogP contribution in [0.2, 0.25) is 0 Å². The second kappa shape index (κ2) is 10.1. The van der Waals surface area contributed by atoms with Crippen LogP contribution >= 0.6 is 0 Å². The van der Waals surface area contributed by atoms with Crippen LogP contribution in [-0.2, 0) is 21.2 Å². The number of benzene rings is 2. The molecule has 2 rings (SSSR count). The fourth-order valence-corrected chi connectivity index (χ4v) is 4.25. The largest absolute Gasteiger partial charge is 0.497 e. The van der Waals surface area contributed by atoms with E-state index < -0.39 is 26.9 Å². The molecule has 0 aliphatic rings. The Bertz CT molecular complexity index is 992. The Morgan fingerprint density at radius 1 is 1.23 bits per heavy atom. The van der Waals surface area contributed by atoms with Gasteiger partial charge < -0.3 is 10.1 Å². The van der Waals surface area contributed by atoms with Crippen LogP contribution in [0.5, 0.6) is 5.75 Å². The number of methoxy groups -OCH3 is 1. The number of non-ortho nitro benzene ring substituents is 1. The van der Waals surface area contributed by atoms with Crippen LogP contribution in [0, 0.1) is 10.1 Å². The van der Waals surface area contributed by atoms with Crippen LogP contribution in [0.4, 0.5) is 11.4 Å². The van der Waals surface area contributed by atoms with Gasteiger partial charge in [0.25, 0.3) is 5.69 Å². The molecule has 2 aromatic rings. The van der Waals surface area contributed by atoms with Crippen LogP contribution in [0.1, 0.15) is 18.9 Å². The van der Waals surface area contributed by atoms with Crippen LogP contribution in [0.15, 0.2) is 48.5 Å². The van der Waals surface area contributed by atoms with Crippen molar-refractivity contribution in [2.45, 2.75) is 25.8 Å². The third-order valence-corrected chi connectivity index (χ3v) is 5.68. The molecule has 1 amide bonds. The number of hydrogen-bond donors (Lipinski definition) is 1. The number of anilines is 1. The van der Waals surface area contributed by atoms with Gasteiger partial charge in [-0.05, 0) is 36.6 Å². The minimum absolute atomic E-state index is 0.0730. The van der Waals surface area contributed by atoms with E-state index >= 15 is 0 Å². The molecule has 9 nitrogen and oxygen atoms in total. The molecule has 30 heavy (non-hydrogen) atoms. The molecule has 0 aliphatic heterocycles. The first-order valence-corrected chi connectivity index (χ1v) is 11.2. The van der Waals surface area contributed by atoms with Gasteiger partial charge in [0.2, 0.25) is 15.9 Å². The number of nitro groups is 1. The number of hydrogen-bond acceptors (Lipinski definition) is 6. The first-order valence-electron chi connectivity index (χ1n) is 9.32. The van der Waals surface area contributed by atoms with Crippen molar-refractivity contribution in [1.82, 2.24) is 5.32 Å². The standard InChI is InChI=1S/C20H25N3O6S/c1-4-19(20(24)21-13-12-15-8-10-18(29-2)11-9-15)22(30(3,27)28)16-6-5-7-17(14-16)23(25)26/h5-11,14,19H,4,12-13H2,1-3H3,(H,21,24). The zero-order valence-electron chi connectivity index (χ0n) is 17.1. The maximum atomic E-state index is 12.8. The van der Waals surface area contributed by atoms with E-state index in [2.05, 4.69) is 5.32 Å². The van der Waals surface area contributed by atoms with E-state index in [1.807, 2.05) is 24.3 Å². The summed E-state index contributed by atoms with van der Waals surface area (Å²) in [5.41, 5.74) is 0.808. The molecule has 0 saturated heterocycles. The summed E-state index contributed by atoms with van der Waals surface area (Å²) < 4.78 is 30.9. The molecule has 1 N–H and O–H groups in total. The lowest BCUT2D eigenvalue weighted by atomic mass is 10.1. The molecule has 0 aliphatic carbocycles. The van der Waals surface area contributed by atoms with Gasteiger partial charge in [-0.1, -0.05) is 25.1 Å². The normalized spacial score (nSPS) is 12.1. The first kappa shape index (κ1) is 23.1. The molecule has 0 saturated carbocycles. The predicted octanol–water partition coefficient (Wildman–Crippen LogP) is 2.51. The molecule has 2 aromatic carbocycles. The molecule has 0 fully saturated rings. The highest BCUT2D eigenvalue weighted by molar-refractivity contribution is 7.92. The Labute approximate surface area is 175 Å². The summed E-state index contributed by atoms with van der Waals surface area (Å²) in [7, 11) is -2.29. The first-order chi connectivity index (χ1) is 14.2. The smallest absolute Gasteiger partial charge is 0.271 e. The Hall–Kier alpha value is -3.14. The Balaban J connectivity index is 2.16. The predicted molar refractivity (Wildman–Crippen MR) is 114 cm³/mol. The summed E-state index contributed by atoms with van der Waals surface area (Å²) in [5.74, 6) is 0.262. The van der Waals surface area contributed by atoms with Crippen LogP contribution < -0.4 is 14.4 Å². The number of nitrogens with zero attached hydrogens (tertiary/aromatic N) is 2. The lowest BCUT2D eigenvalue weighted by Gasteiger charge is -2.30. The molecule has 0 radical (unpaired) electrons. The Morgan fingerprint density at radius 3 is 2.43 bits per heavy atom. The maximum Gasteiger partial charge on any atom is 0.271 e. The zero-order chi connectivity index (χ0) is 22.3. The average molecular weight is 436 g/mol. The van der Waals surface area contributed by atoms with Gasteiger partial charge in [-0.15, -0.1) is 0 Å². The van der Waals surface area contributed by atoms with E-state index in [4.69, 9.17) is 4.74 Å². The van der Waals surface area contributed by atoms with Crippen molar-refractivity contribution in [3.8, 4) is 5.75 Å². The summed E-state index contributed by atoms with van der Waals surface area (Å²) >= 11 is 0. The molecule has 0 heterocycles. The molecule has 0 bridgehead atoms. The van der Waals surface area contributed by atoms with Gasteiger partial charge in [0.1, 0.15) is 11.8 Å². The number of amides is 1. The van der Waals surface area contributed by atoms with Gasteiger partial charge in [-0.3, -0.25) is 19.2 Å². The van der Waals surface area contributed by atoms with Gasteiger partial charge >= 0.3 is 0 Å². The second-order valence-electron chi connectivity index (χ2n) is 6.65.